The molecule has 1 amide bonds. The van der Waals surface area contributed by atoms with Crippen LogP contribution in [0.2, 0.25) is 0 Å². The molecule has 0 aliphatic carbocycles. The maximum atomic E-state index is 12.8. The fraction of sp³-hybridized carbons (Fsp3) is 0.208. The van der Waals surface area contributed by atoms with Gasteiger partial charge in [-0.15, -0.1) is 10.2 Å². The van der Waals surface area contributed by atoms with Crippen LogP contribution in [0.25, 0.3) is 16.7 Å². The number of amides is 1. The summed E-state index contributed by atoms with van der Waals surface area (Å²) in [6.45, 7) is 6.24. The Bertz CT molecular complexity index is 1210. The van der Waals surface area contributed by atoms with Gasteiger partial charge < -0.3 is 10.1 Å². The van der Waals surface area contributed by atoms with Crippen molar-refractivity contribution in [2.45, 2.75) is 26.7 Å². The summed E-state index contributed by atoms with van der Waals surface area (Å²) in [4.78, 5) is 14.4. The highest BCUT2D eigenvalue weighted by Gasteiger charge is 2.15. The van der Waals surface area contributed by atoms with Gasteiger partial charge in [0.05, 0.1) is 18.4 Å². The van der Waals surface area contributed by atoms with Crippen molar-refractivity contribution in [1.82, 2.24) is 15.0 Å². The Kier molecular flexibility index (Phi) is 5.23. The summed E-state index contributed by atoms with van der Waals surface area (Å²) in [6, 6.07) is 19.2. The normalized spacial score (nSPS) is 11.1. The molecule has 30 heavy (non-hydrogen) atoms. The number of benzene rings is 3. The zero-order valence-electron chi connectivity index (χ0n) is 17.5. The minimum absolute atomic E-state index is 0.230. The maximum absolute atomic E-state index is 12.8. The van der Waals surface area contributed by atoms with E-state index in [1.54, 1.807) is 18.0 Å². The van der Waals surface area contributed by atoms with Gasteiger partial charge in [-0.05, 0) is 60.4 Å². The lowest BCUT2D eigenvalue weighted by molar-refractivity contribution is 0.102. The van der Waals surface area contributed by atoms with Gasteiger partial charge in [0.2, 0.25) is 0 Å². The molecule has 0 fully saturated rings. The fourth-order valence-corrected chi connectivity index (χ4v) is 3.40. The van der Waals surface area contributed by atoms with Gasteiger partial charge >= 0.3 is 0 Å². The molecule has 6 nitrogen and oxygen atoms in total. The van der Waals surface area contributed by atoms with Gasteiger partial charge in [-0.1, -0.05) is 38.1 Å². The van der Waals surface area contributed by atoms with E-state index in [-0.39, 0.29) is 5.91 Å². The summed E-state index contributed by atoms with van der Waals surface area (Å²) < 4.78 is 5.39. The van der Waals surface area contributed by atoms with Crippen LogP contribution in [-0.4, -0.2) is 28.0 Å². The highest BCUT2D eigenvalue weighted by Crippen LogP contribution is 2.25. The third-order valence-electron chi connectivity index (χ3n) is 5.09. The molecule has 3 aromatic carbocycles. The first kappa shape index (κ1) is 19.6. The zero-order chi connectivity index (χ0) is 21.3. The second kappa shape index (κ2) is 7.99. The summed E-state index contributed by atoms with van der Waals surface area (Å²) in [7, 11) is 1.57. The molecule has 0 atom stereocenters. The lowest BCUT2D eigenvalue weighted by Gasteiger charge is -2.11. The lowest BCUT2D eigenvalue weighted by Crippen LogP contribution is -2.13. The van der Waals surface area contributed by atoms with Crippen LogP contribution in [0.4, 0.5) is 5.69 Å². The van der Waals surface area contributed by atoms with Gasteiger partial charge in [-0.25, -0.2) is 0 Å². The van der Waals surface area contributed by atoms with Gasteiger partial charge in [0, 0.05) is 5.69 Å². The van der Waals surface area contributed by atoms with Crippen LogP contribution in [0.3, 0.4) is 0 Å². The Labute approximate surface area is 175 Å². The Hall–Kier alpha value is -3.67. The molecule has 0 saturated heterocycles. The third kappa shape index (κ3) is 3.76. The number of hydrogen-bond donors (Lipinski definition) is 1. The van der Waals surface area contributed by atoms with Crippen LogP contribution in [-0.2, 0) is 0 Å². The topological polar surface area (TPSA) is 69.0 Å². The molecule has 1 N–H and O–H groups in total. The van der Waals surface area contributed by atoms with Crippen molar-refractivity contribution in [3.8, 4) is 11.4 Å². The molecular formula is C24H24N4O2. The van der Waals surface area contributed by atoms with Crippen LogP contribution in [0.5, 0.6) is 5.75 Å². The van der Waals surface area contributed by atoms with Crippen LogP contribution in [0, 0.1) is 6.92 Å². The molecule has 152 valence electrons. The first-order valence-electron chi connectivity index (χ1n) is 9.88. The molecule has 0 aliphatic heterocycles. The number of nitrogens with zero attached hydrogens (tertiary/aromatic N) is 3. The standard InChI is InChI=1S/C24H24N4O2/c1-15(2)17-8-11-19(12-9-17)28-26-21-13-10-18(14-22(21)27-28)25-24(29)20-7-5-6-16(3)23(20)30-4/h5-15H,1-4H3,(H,25,29). The monoisotopic (exact) mass is 400 g/mol. The fourth-order valence-electron chi connectivity index (χ4n) is 3.40. The van der Waals surface area contributed by atoms with Gasteiger partial charge in [0.25, 0.3) is 5.91 Å². The number of rotatable bonds is 5. The molecule has 1 heterocycles. The van der Waals surface area contributed by atoms with Crippen LogP contribution in [0.1, 0.15) is 41.3 Å². The predicted octanol–water partition coefficient (Wildman–Crippen LogP) is 5.11. The number of carbonyl (C=O) groups excluding carboxylic acids is 1. The Morgan fingerprint density at radius 3 is 2.43 bits per heavy atom. The average molecular weight is 400 g/mol. The van der Waals surface area contributed by atoms with E-state index in [2.05, 4.69) is 41.5 Å². The van der Waals surface area contributed by atoms with E-state index >= 15 is 0 Å². The SMILES string of the molecule is COc1c(C)cccc1C(=O)Nc1ccc2nn(-c3ccc(C(C)C)cc3)nc2c1. The summed E-state index contributed by atoms with van der Waals surface area (Å²) in [5.74, 6) is 0.820. The summed E-state index contributed by atoms with van der Waals surface area (Å²) in [5, 5.41) is 12.0. The zero-order valence-corrected chi connectivity index (χ0v) is 17.5. The number of fused-ring (bicyclic) bond motifs is 1. The highest BCUT2D eigenvalue weighted by atomic mass is 16.5. The smallest absolute Gasteiger partial charge is 0.259 e. The van der Waals surface area contributed by atoms with Crippen molar-refractivity contribution in [2.24, 2.45) is 0 Å². The number of hydrogen-bond acceptors (Lipinski definition) is 4. The summed E-state index contributed by atoms with van der Waals surface area (Å²) in [6.07, 6.45) is 0. The number of para-hydroxylation sites is 1. The van der Waals surface area contributed by atoms with Crippen LogP contribution < -0.4 is 10.1 Å². The number of carbonyl (C=O) groups is 1. The number of aryl methyl sites for hydroxylation is 1. The summed E-state index contributed by atoms with van der Waals surface area (Å²) >= 11 is 0. The molecule has 4 rings (SSSR count). The number of anilines is 1. The Morgan fingerprint density at radius 2 is 1.73 bits per heavy atom. The molecule has 4 aromatic rings. The Balaban J connectivity index is 1.60. The van der Waals surface area contributed by atoms with E-state index in [1.807, 2.05) is 49.4 Å². The molecule has 0 saturated carbocycles. The molecule has 0 bridgehead atoms. The van der Waals surface area contributed by atoms with Gasteiger partial charge in [0.1, 0.15) is 16.8 Å². The van der Waals surface area contributed by atoms with E-state index in [4.69, 9.17) is 4.74 Å². The van der Waals surface area contributed by atoms with E-state index in [9.17, 15) is 4.79 Å². The molecule has 6 heteroatoms. The lowest BCUT2D eigenvalue weighted by atomic mass is 10.0. The van der Waals surface area contributed by atoms with Crippen molar-refractivity contribution in [2.75, 3.05) is 12.4 Å². The number of ether oxygens (including phenoxy) is 1. The van der Waals surface area contributed by atoms with Gasteiger partial charge in [-0.2, -0.15) is 4.80 Å². The van der Waals surface area contributed by atoms with Crippen molar-refractivity contribution in [1.29, 1.82) is 0 Å². The number of aromatic nitrogens is 3. The van der Waals surface area contributed by atoms with Gasteiger partial charge in [0.15, 0.2) is 0 Å². The van der Waals surface area contributed by atoms with Crippen LogP contribution >= 0.6 is 0 Å². The molecular weight excluding hydrogens is 376 g/mol. The van der Waals surface area contributed by atoms with E-state index in [1.165, 1.54) is 5.56 Å². The van der Waals surface area contributed by atoms with E-state index in [0.717, 1.165) is 16.8 Å². The van der Waals surface area contributed by atoms with Crippen molar-refractivity contribution < 1.29 is 9.53 Å². The number of methoxy groups -OCH3 is 1. The van der Waals surface area contributed by atoms with Crippen molar-refractivity contribution >= 4 is 22.6 Å². The molecule has 0 unspecified atom stereocenters. The first-order chi connectivity index (χ1) is 14.5. The van der Waals surface area contributed by atoms with Crippen molar-refractivity contribution in [3.05, 3.63) is 77.4 Å². The second-order valence-corrected chi connectivity index (χ2v) is 7.55. The minimum atomic E-state index is -0.230. The molecule has 0 aliphatic rings. The second-order valence-electron chi connectivity index (χ2n) is 7.55. The highest BCUT2D eigenvalue weighted by molar-refractivity contribution is 6.07. The molecule has 1 aromatic heterocycles. The van der Waals surface area contributed by atoms with Crippen LogP contribution in [0.15, 0.2) is 60.7 Å². The Morgan fingerprint density at radius 1 is 1.00 bits per heavy atom. The third-order valence-corrected chi connectivity index (χ3v) is 5.09. The quantitative estimate of drug-likeness (QED) is 0.505. The van der Waals surface area contributed by atoms with E-state index in [0.29, 0.717) is 28.4 Å². The average Bonchev–Trinajstić information content (AvgIpc) is 3.17. The largest absolute Gasteiger partial charge is 0.496 e. The molecule has 0 spiro atoms. The summed E-state index contributed by atoms with van der Waals surface area (Å²) in [5.41, 5.74) is 5.68. The maximum Gasteiger partial charge on any atom is 0.259 e. The predicted molar refractivity (Wildman–Crippen MR) is 119 cm³/mol. The number of nitrogens with one attached hydrogen (secondary N) is 1. The molecule has 0 radical (unpaired) electrons. The van der Waals surface area contributed by atoms with E-state index < -0.39 is 0 Å². The van der Waals surface area contributed by atoms with Crippen molar-refractivity contribution in [3.63, 3.8) is 0 Å². The first-order valence-corrected chi connectivity index (χ1v) is 9.88. The minimum Gasteiger partial charge on any atom is -0.496 e. The van der Waals surface area contributed by atoms with Gasteiger partial charge in [-0.3, -0.25) is 4.79 Å².